The van der Waals surface area contributed by atoms with E-state index in [2.05, 4.69) is 10.3 Å². The van der Waals surface area contributed by atoms with Gasteiger partial charge in [-0.1, -0.05) is 11.6 Å². The molecule has 0 radical (unpaired) electrons. The quantitative estimate of drug-likeness (QED) is 0.494. The lowest BCUT2D eigenvalue weighted by molar-refractivity contribution is -0.385. The van der Waals surface area contributed by atoms with Gasteiger partial charge in [-0.25, -0.2) is 4.39 Å². The molecule has 1 aromatic heterocycles. The fourth-order valence-electron chi connectivity index (χ4n) is 1.88. The van der Waals surface area contributed by atoms with Crippen molar-refractivity contribution in [2.24, 2.45) is 0 Å². The number of nitrogens with zero attached hydrogens (tertiary/aromatic N) is 2. The molecule has 0 aliphatic heterocycles. The minimum absolute atomic E-state index is 0.000805. The van der Waals surface area contributed by atoms with E-state index in [1.54, 1.807) is 0 Å². The van der Waals surface area contributed by atoms with Crippen LogP contribution >= 0.6 is 11.6 Å². The maximum Gasteiger partial charge on any atom is 0.314 e. The van der Waals surface area contributed by atoms with E-state index in [0.29, 0.717) is 5.56 Å². The number of aryl methyl sites for hydroxylation is 1. The molecule has 1 aromatic carbocycles. The number of anilines is 1. The van der Waals surface area contributed by atoms with Crippen molar-refractivity contribution in [1.29, 1.82) is 0 Å². The Morgan fingerprint density at radius 2 is 2.13 bits per heavy atom. The lowest BCUT2D eigenvalue weighted by Crippen LogP contribution is -2.13. The highest BCUT2D eigenvalue weighted by atomic mass is 35.5. The molecule has 0 bridgehead atoms. The molecule has 1 amide bonds. The summed E-state index contributed by atoms with van der Waals surface area (Å²) in [6, 6.07) is 3.43. The van der Waals surface area contributed by atoms with Crippen LogP contribution in [0.2, 0.25) is 5.02 Å². The van der Waals surface area contributed by atoms with Crippen molar-refractivity contribution in [2.75, 3.05) is 5.32 Å². The Kier molecular flexibility index (Phi) is 5.07. The van der Waals surface area contributed by atoms with Crippen molar-refractivity contribution in [3.63, 3.8) is 0 Å². The number of benzene rings is 1. The number of pyridine rings is 1. The van der Waals surface area contributed by atoms with Gasteiger partial charge in [-0.3, -0.25) is 19.9 Å². The summed E-state index contributed by atoms with van der Waals surface area (Å²) in [4.78, 5) is 25.5. The highest BCUT2D eigenvalue weighted by Crippen LogP contribution is 2.36. The van der Waals surface area contributed by atoms with Crippen LogP contribution in [-0.4, -0.2) is 20.9 Å². The summed E-state index contributed by atoms with van der Waals surface area (Å²) in [5.41, 5.74) is -0.241. The number of rotatable bonds is 5. The van der Waals surface area contributed by atoms with Gasteiger partial charge < -0.3 is 10.4 Å². The Labute approximate surface area is 134 Å². The number of phenols is 1. The molecule has 0 atom stereocenters. The Morgan fingerprint density at radius 1 is 1.39 bits per heavy atom. The average molecular weight is 340 g/mol. The SMILES string of the molecule is O=C(CCc1cncc(F)c1)Nc1cc(Cl)cc([N+](=O)[O-])c1O. The topological polar surface area (TPSA) is 105 Å². The first kappa shape index (κ1) is 16.6. The minimum atomic E-state index is -0.810. The van der Waals surface area contributed by atoms with E-state index in [4.69, 9.17) is 11.6 Å². The summed E-state index contributed by atoms with van der Waals surface area (Å²) >= 11 is 5.72. The molecule has 0 aliphatic rings. The highest BCUT2D eigenvalue weighted by molar-refractivity contribution is 6.31. The summed E-state index contributed by atoms with van der Waals surface area (Å²) in [5.74, 6) is -1.70. The first-order valence-corrected chi connectivity index (χ1v) is 6.81. The molecule has 1 heterocycles. The Hall–Kier alpha value is -2.74. The number of aromatic hydroxyl groups is 1. The van der Waals surface area contributed by atoms with Gasteiger partial charge in [0, 0.05) is 23.7 Å². The lowest BCUT2D eigenvalue weighted by atomic mass is 10.1. The normalized spacial score (nSPS) is 10.3. The molecule has 2 N–H and O–H groups in total. The third-order valence-electron chi connectivity index (χ3n) is 2.93. The number of nitrogens with one attached hydrogen (secondary N) is 1. The molecule has 0 aliphatic carbocycles. The van der Waals surface area contributed by atoms with E-state index in [-0.39, 0.29) is 23.6 Å². The Morgan fingerprint density at radius 3 is 2.78 bits per heavy atom. The van der Waals surface area contributed by atoms with E-state index in [1.807, 2.05) is 0 Å². The molecule has 0 saturated carbocycles. The fourth-order valence-corrected chi connectivity index (χ4v) is 2.09. The van der Waals surface area contributed by atoms with Gasteiger partial charge in [0.1, 0.15) is 5.82 Å². The van der Waals surface area contributed by atoms with Gasteiger partial charge in [0.2, 0.25) is 11.7 Å². The number of nitro groups is 1. The van der Waals surface area contributed by atoms with Crippen molar-refractivity contribution in [3.8, 4) is 5.75 Å². The number of carbonyl (C=O) groups is 1. The highest BCUT2D eigenvalue weighted by Gasteiger charge is 2.20. The van der Waals surface area contributed by atoms with Crippen LogP contribution in [0, 0.1) is 15.9 Å². The summed E-state index contributed by atoms with van der Waals surface area (Å²) in [5, 5.41) is 22.9. The zero-order chi connectivity index (χ0) is 17.0. The molecule has 0 unspecified atom stereocenters. The lowest BCUT2D eigenvalue weighted by Gasteiger charge is -2.08. The molecule has 2 rings (SSSR count). The van der Waals surface area contributed by atoms with Crippen molar-refractivity contribution in [3.05, 3.63) is 57.1 Å². The van der Waals surface area contributed by atoms with Crippen molar-refractivity contribution in [1.82, 2.24) is 4.98 Å². The number of aromatic nitrogens is 1. The van der Waals surface area contributed by atoms with Crippen LogP contribution < -0.4 is 5.32 Å². The number of hydrogen-bond donors (Lipinski definition) is 2. The standard InChI is InChI=1S/C14H11ClFN3O4/c15-9-4-11(14(21)12(5-9)19(22)23)18-13(20)2-1-8-3-10(16)7-17-6-8/h3-7,21H,1-2H2,(H,18,20). The van der Waals surface area contributed by atoms with Crippen LogP contribution in [-0.2, 0) is 11.2 Å². The molecule has 0 fully saturated rings. The molecule has 0 spiro atoms. The van der Waals surface area contributed by atoms with E-state index in [1.165, 1.54) is 18.3 Å². The number of hydrogen-bond acceptors (Lipinski definition) is 5. The fraction of sp³-hybridized carbons (Fsp3) is 0.143. The van der Waals surface area contributed by atoms with Crippen LogP contribution in [0.4, 0.5) is 15.8 Å². The second-order valence-corrected chi connectivity index (χ2v) is 5.07. The van der Waals surface area contributed by atoms with Gasteiger partial charge >= 0.3 is 5.69 Å². The van der Waals surface area contributed by atoms with Crippen molar-refractivity contribution in [2.45, 2.75) is 12.8 Å². The van der Waals surface area contributed by atoms with Crippen LogP contribution in [0.25, 0.3) is 0 Å². The molecule has 0 saturated heterocycles. The first-order chi connectivity index (χ1) is 10.9. The number of amides is 1. The summed E-state index contributed by atoms with van der Waals surface area (Å²) in [6.45, 7) is 0. The maximum atomic E-state index is 13.0. The maximum absolute atomic E-state index is 13.0. The van der Waals surface area contributed by atoms with Gasteiger partial charge in [0.25, 0.3) is 0 Å². The van der Waals surface area contributed by atoms with Crippen molar-refractivity contribution < 1.29 is 19.2 Å². The average Bonchev–Trinajstić information content (AvgIpc) is 2.48. The number of carbonyl (C=O) groups excluding carboxylic acids is 1. The van der Waals surface area contributed by atoms with Crippen molar-refractivity contribution >= 4 is 28.9 Å². The zero-order valence-electron chi connectivity index (χ0n) is 11.6. The molecule has 7 nitrogen and oxygen atoms in total. The Balaban J connectivity index is 2.07. The van der Waals surface area contributed by atoms with Gasteiger partial charge in [0.05, 0.1) is 16.8 Å². The molecule has 9 heteroatoms. The van der Waals surface area contributed by atoms with Gasteiger partial charge in [-0.15, -0.1) is 0 Å². The summed E-state index contributed by atoms with van der Waals surface area (Å²) in [7, 11) is 0. The summed E-state index contributed by atoms with van der Waals surface area (Å²) in [6.07, 6.45) is 2.68. The number of nitro benzene ring substituents is 1. The minimum Gasteiger partial charge on any atom is -0.501 e. The smallest absolute Gasteiger partial charge is 0.314 e. The van der Waals surface area contributed by atoms with E-state index in [0.717, 1.165) is 12.3 Å². The Bertz CT molecular complexity index is 770. The largest absolute Gasteiger partial charge is 0.501 e. The number of phenolic OH excluding ortho intramolecular Hbond substituents is 1. The van der Waals surface area contributed by atoms with E-state index >= 15 is 0 Å². The summed E-state index contributed by atoms with van der Waals surface area (Å²) < 4.78 is 13.0. The molecular weight excluding hydrogens is 329 g/mol. The van der Waals surface area contributed by atoms with E-state index < -0.39 is 28.1 Å². The third-order valence-corrected chi connectivity index (χ3v) is 3.15. The van der Waals surface area contributed by atoms with Gasteiger partial charge in [-0.2, -0.15) is 0 Å². The molecule has 120 valence electrons. The second kappa shape index (κ2) is 7.01. The van der Waals surface area contributed by atoms with E-state index in [9.17, 15) is 24.4 Å². The molecular formula is C14H11ClFN3O4. The predicted molar refractivity (Wildman–Crippen MR) is 80.9 cm³/mol. The van der Waals surface area contributed by atoms with Gasteiger partial charge in [0.15, 0.2) is 0 Å². The van der Waals surface area contributed by atoms with Gasteiger partial charge in [-0.05, 0) is 24.1 Å². The molecule has 2 aromatic rings. The third kappa shape index (κ3) is 4.36. The zero-order valence-corrected chi connectivity index (χ0v) is 12.4. The molecule has 23 heavy (non-hydrogen) atoms. The second-order valence-electron chi connectivity index (χ2n) is 4.64. The van der Waals surface area contributed by atoms with Crippen LogP contribution in [0.3, 0.4) is 0 Å². The van der Waals surface area contributed by atoms with Crippen LogP contribution in [0.5, 0.6) is 5.75 Å². The monoisotopic (exact) mass is 339 g/mol. The predicted octanol–water partition coefficient (Wildman–Crippen LogP) is 3.06. The van der Waals surface area contributed by atoms with Crippen LogP contribution in [0.1, 0.15) is 12.0 Å². The van der Waals surface area contributed by atoms with Crippen LogP contribution in [0.15, 0.2) is 30.6 Å². The first-order valence-electron chi connectivity index (χ1n) is 6.43. The number of halogens is 2.